The molecule has 0 aromatic heterocycles. The van der Waals surface area contributed by atoms with Crippen LogP contribution in [0.2, 0.25) is 0 Å². The largest absolute Gasteiger partial charge is 0.495 e. The van der Waals surface area contributed by atoms with Gasteiger partial charge in [0.2, 0.25) is 0 Å². The van der Waals surface area contributed by atoms with Crippen LogP contribution in [0.1, 0.15) is 0 Å². The molecule has 1 unspecified atom stereocenters. The molecular weight excluding hydrogens is 178 g/mol. The van der Waals surface area contributed by atoms with Gasteiger partial charge in [-0.15, -0.1) is 0 Å². The van der Waals surface area contributed by atoms with Crippen LogP contribution in [0.3, 0.4) is 0 Å². The zero-order valence-electron chi connectivity index (χ0n) is 6.48. The van der Waals surface area contributed by atoms with E-state index in [9.17, 15) is 4.21 Å². The number of hydrogen-bond acceptors (Lipinski definition) is 2. The van der Waals surface area contributed by atoms with Gasteiger partial charge in [0.1, 0.15) is 5.75 Å². The van der Waals surface area contributed by atoms with Crippen molar-refractivity contribution in [2.75, 3.05) is 11.8 Å². The SMILES string of the molecule is COc1ccccc1NS(=O)O. The smallest absolute Gasteiger partial charge is 0.259 e. The Bertz CT molecular complexity index is 290. The number of rotatable bonds is 3. The van der Waals surface area contributed by atoms with E-state index in [1.54, 1.807) is 24.3 Å². The van der Waals surface area contributed by atoms with E-state index in [2.05, 4.69) is 4.72 Å². The van der Waals surface area contributed by atoms with E-state index in [1.165, 1.54) is 7.11 Å². The van der Waals surface area contributed by atoms with Gasteiger partial charge in [-0.25, -0.2) is 4.21 Å². The van der Waals surface area contributed by atoms with Gasteiger partial charge in [0, 0.05) is 0 Å². The minimum atomic E-state index is -2.06. The molecule has 0 amide bonds. The predicted octanol–water partition coefficient (Wildman–Crippen LogP) is 1.24. The Morgan fingerprint density at radius 3 is 2.75 bits per heavy atom. The average molecular weight is 187 g/mol. The fourth-order valence-corrected chi connectivity index (χ4v) is 1.18. The average Bonchev–Trinajstić information content (AvgIpc) is 2.04. The number of nitrogens with one attached hydrogen (secondary N) is 1. The molecule has 1 aromatic carbocycles. The normalized spacial score (nSPS) is 12.2. The molecule has 5 heteroatoms. The van der Waals surface area contributed by atoms with Crippen molar-refractivity contribution in [3.63, 3.8) is 0 Å². The standard InChI is InChI=1S/C7H9NO3S/c1-11-7-5-3-2-4-6(7)8-12(9)10/h2-5,8H,1H3,(H,9,10). The number of anilines is 1. The second kappa shape index (κ2) is 4.08. The van der Waals surface area contributed by atoms with Crippen LogP contribution >= 0.6 is 0 Å². The molecule has 0 aliphatic heterocycles. The van der Waals surface area contributed by atoms with E-state index in [1.807, 2.05) is 0 Å². The van der Waals surface area contributed by atoms with E-state index < -0.39 is 11.3 Å². The summed E-state index contributed by atoms with van der Waals surface area (Å²) in [5.74, 6) is 0.542. The summed E-state index contributed by atoms with van der Waals surface area (Å²) in [5.41, 5.74) is 0.501. The first kappa shape index (κ1) is 9.02. The van der Waals surface area contributed by atoms with Gasteiger partial charge in [0.05, 0.1) is 12.8 Å². The van der Waals surface area contributed by atoms with E-state index in [-0.39, 0.29) is 0 Å². The highest BCUT2D eigenvalue weighted by molar-refractivity contribution is 7.80. The predicted molar refractivity (Wildman–Crippen MR) is 47.4 cm³/mol. The maximum absolute atomic E-state index is 10.4. The molecular formula is C7H9NO3S. The first-order valence-corrected chi connectivity index (χ1v) is 4.35. The van der Waals surface area contributed by atoms with E-state index in [4.69, 9.17) is 9.29 Å². The molecule has 1 atom stereocenters. The van der Waals surface area contributed by atoms with E-state index in [0.29, 0.717) is 11.4 Å². The molecule has 0 radical (unpaired) electrons. The molecule has 0 aliphatic rings. The van der Waals surface area contributed by atoms with Crippen LogP contribution < -0.4 is 9.46 Å². The van der Waals surface area contributed by atoms with Crippen LogP contribution in [0.25, 0.3) is 0 Å². The molecule has 0 heterocycles. The van der Waals surface area contributed by atoms with Crippen molar-refractivity contribution in [3.8, 4) is 5.75 Å². The highest BCUT2D eigenvalue weighted by Gasteiger charge is 2.01. The Balaban J connectivity index is 2.89. The fraction of sp³-hybridized carbons (Fsp3) is 0.143. The van der Waals surface area contributed by atoms with Gasteiger partial charge in [-0.2, -0.15) is 0 Å². The van der Waals surface area contributed by atoms with E-state index in [0.717, 1.165) is 0 Å². The van der Waals surface area contributed by atoms with Gasteiger partial charge >= 0.3 is 0 Å². The Kier molecular flexibility index (Phi) is 3.07. The van der Waals surface area contributed by atoms with Gasteiger partial charge in [-0.05, 0) is 12.1 Å². The molecule has 0 saturated heterocycles. The van der Waals surface area contributed by atoms with Gasteiger partial charge in [-0.3, -0.25) is 9.27 Å². The minimum absolute atomic E-state index is 0.501. The lowest BCUT2D eigenvalue weighted by molar-refractivity contribution is 0.417. The second-order valence-corrected chi connectivity index (χ2v) is 2.75. The molecule has 12 heavy (non-hydrogen) atoms. The van der Waals surface area contributed by atoms with Gasteiger partial charge in [0.25, 0.3) is 11.3 Å². The van der Waals surface area contributed by atoms with Crippen LogP contribution in [0, 0.1) is 0 Å². The zero-order valence-corrected chi connectivity index (χ0v) is 7.30. The lowest BCUT2D eigenvalue weighted by Gasteiger charge is -2.06. The quantitative estimate of drug-likeness (QED) is 0.700. The number of benzene rings is 1. The van der Waals surface area contributed by atoms with Crippen LogP contribution in [-0.4, -0.2) is 15.9 Å². The summed E-state index contributed by atoms with van der Waals surface area (Å²) in [7, 11) is 1.50. The summed E-state index contributed by atoms with van der Waals surface area (Å²) in [5, 5.41) is 0. The summed E-state index contributed by atoms with van der Waals surface area (Å²) in [6.07, 6.45) is 0. The molecule has 0 bridgehead atoms. The maximum atomic E-state index is 10.4. The van der Waals surface area contributed by atoms with Crippen molar-refractivity contribution in [3.05, 3.63) is 24.3 Å². The Hall–Kier alpha value is -1.07. The molecule has 0 spiro atoms. The molecule has 66 valence electrons. The zero-order chi connectivity index (χ0) is 8.97. The summed E-state index contributed by atoms with van der Waals surface area (Å²) >= 11 is -2.06. The van der Waals surface area contributed by atoms with Crippen molar-refractivity contribution in [1.29, 1.82) is 0 Å². The van der Waals surface area contributed by atoms with Crippen LogP contribution in [0.15, 0.2) is 24.3 Å². The van der Waals surface area contributed by atoms with Gasteiger partial charge in [0.15, 0.2) is 0 Å². The maximum Gasteiger partial charge on any atom is 0.259 e. The summed E-state index contributed by atoms with van der Waals surface area (Å²) in [6.45, 7) is 0. The van der Waals surface area contributed by atoms with Crippen molar-refractivity contribution in [2.45, 2.75) is 0 Å². The molecule has 1 rings (SSSR count). The number of hydrogen-bond donors (Lipinski definition) is 2. The van der Waals surface area contributed by atoms with Crippen molar-refractivity contribution >= 4 is 17.0 Å². The topological polar surface area (TPSA) is 58.6 Å². The highest BCUT2D eigenvalue weighted by atomic mass is 32.2. The Morgan fingerprint density at radius 1 is 1.50 bits per heavy atom. The number of ether oxygens (including phenoxy) is 1. The third-order valence-corrected chi connectivity index (χ3v) is 1.70. The van der Waals surface area contributed by atoms with Crippen LogP contribution in [0.4, 0.5) is 5.69 Å². The number of para-hydroxylation sites is 2. The Morgan fingerprint density at radius 2 is 2.17 bits per heavy atom. The monoisotopic (exact) mass is 187 g/mol. The molecule has 4 nitrogen and oxygen atoms in total. The number of methoxy groups -OCH3 is 1. The van der Waals surface area contributed by atoms with Gasteiger partial charge in [-0.1, -0.05) is 12.1 Å². The van der Waals surface area contributed by atoms with Crippen LogP contribution in [0.5, 0.6) is 5.75 Å². The summed E-state index contributed by atoms with van der Waals surface area (Å²) in [6, 6.07) is 6.89. The summed E-state index contributed by atoms with van der Waals surface area (Å²) in [4.78, 5) is 0. The van der Waals surface area contributed by atoms with E-state index >= 15 is 0 Å². The second-order valence-electron chi connectivity index (χ2n) is 2.05. The van der Waals surface area contributed by atoms with Crippen molar-refractivity contribution in [2.24, 2.45) is 0 Å². The fourth-order valence-electron chi connectivity index (χ4n) is 0.823. The highest BCUT2D eigenvalue weighted by Crippen LogP contribution is 2.22. The first-order chi connectivity index (χ1) is 5.74. The van der Waals surface area contributed by atoms with Crippen molar-refractivity contribution in [1.82, 2.24) is 0 Å². The molecule has 2 N–H and O–H groups in total. The third kappa shape index (κ3) is 2.21. The Labute approximate surface area is 73.0 Å². The molecule has 1 aromatic rings. The molecule has 0 fully saturated rings. The first-order valence-electron chi connectivity index (χ1n) is 3.24. The van der Waals surface area contributed by atoms with Gasteiger partial charge < -0.3 is 4.74 Å². The lowest BCUT2D eigenvalue weighted by Crippen LogP contribution is -2.03. The molecule has 0 aliphatic carbocycles. The lowest BCUT2D eigenvalue weighted by atomic mass is 10.3. The van der Waals surface area contributed by atoms with Crippen molar-refractivity contribution < 1.29 is 13.5 Å². The third-order valence-electron chi connectivity index (χ3n) is 1.30. The summed E-state index contributed by atoms with van der Waals surface area (Å²) < 4.78 is 26.2. The minimum Gasteiger partial charge on any atom is -0.495 e. The van der Waals surface area contributed by atoms with Crippen LogP contribution in [-0.2, 0) is 11.3 Å². The molecule has 0 saturated carbocycles.